The van der Waals surface area contributed by atoms with Crippen LogP contribution in [0.5, 0.6) is 0 Å². The summed E-state index contributed by atoms with van der Waals surface area (Å²) in [5.74, 6) is 0. The van der Waals surface area contributed by atoms with Crippen LogP contribution < -0.4 is 5.32 Å². The fraction of sp³-hybridized carbons (Fsp3) is 0.957. The fourth-order valence-corrected chi connectivity index (χ4v) is 3.32. The summed E-state index contributed by atoms with van der Waals surface area (Å²) in [6, 6.07) is 0. The van der Waals surface area contributed by atoms with Crippen LogP contribution in [0, 0.1) is 5.41 Å². The number of hydrogen-bond acceptors (Lipinski definition) is 6. The van der Waals surface area contributed by atoms with E-state index in [1.165, 1.54) is 0 Å². The predicted molar refractivity (Wildman–Crippen MR) is 118 cm³/mol. The van der Waals surface area contributed by atoms with E-state index in [0.717, 1.165) is 12.8 Å². The van der Waals surface area contributed by atoms with Crippen LogP contribution in [0.15, 0.2) is 0 Å². The summed E-state index contributed by atoms with van der Waals surface area (Å²) in [6.45, 7) is 22.7. The molecule has 0 saturated heterocycles. The van der Waals surface area contributed by atoms with Crippen LogP contribution >= 0.6 is 0 Å². The normalized spacial score (nSPS) is 15.7. The molecule has 2 atom stereocenters. The number of carbonyl (C=O) groups is 1. The van der Waals surface area contributed by atoms with Gasteiger partial charge in [0.15, 0.2) is 0 Å². The van der Waals surface area contributed by atoms with Gasteiger partial charge in [-0.2, -0.15) is 0 Å². The maximum atomic E-state index is 12.2. The van der Waals surface area contributed by atoms with Crippen LogP contribution in [0.2, 0.25) is 0 Å². The average Bonchev–Trinajstić information content (AvgIpc) is 2.41. The number of rotatable bonds is 12. The highest BCUT2D eigenvalue weighted by atomic mass is 16.7. The van der Waals surface area contributed by atoms with Crippen molar-refractivity contribution in [2.75, 3.05) is 13.7 Å². The van der Waals surface area contributed by atoms with Gasteiger partial charge in [0.2, 0.25) is 0 Å². The molecule has 0 aliphatic rings. The SMILES string of the molecule is CNC(C)(C)OCCC(C)(C)OC(C)CC(C)(C)OC(=O)OC(C)CC(C)(C)C. The molecule has 0 radical (unpaired) electrons. The van der Waals surface area contributed by atoms with E-state index in [0.29, 0.717) is 13.0 Å². The third kappa shape index (κ3) is 14.7. The second-order valence-corrected chi connectivity index (χ2v) is 11.1. The van der Waals surface area contributed by atoms with Gasteiger partial charge >= 0.3 is 6.16 Å². The largest absolute Gasteiger partial charge is 0.509 e. The molecule has 0 bridgehead atoms. The zero-order valence-corrected chi connectivity index (χ0v) is 21.0. The summed E-state index contributed by atoms with van der Waals surface area (Å²) in [5.41, 5.74) is -1.29. The van der Waals surface area contributed by atoms with E-state index in [1.807, 2.05) is 48.6 Å². The first-order chi connectivity index (χ1) is 12.9. The topological polar surface area (TPSA) is 66.0 Å². The summed E-state index contributed by atoms with van der Waals surface area (Å²) in [4.78, 5) is 12.2. The molecule has 0 amide bonds. The smallest absolute Gasteiger partial charge is 0.431 e. The number of carbonyl (C=O) groups excluding carboxylic acids is 1. The molecule has 0 aliphatic heterocycles. The molecule has 2 unspecified atom stereocenters. The molecule has 0 saturated carbocycles. The van der Waals surface area contributed by atoms with Crippen molar-refractivity contribution in [2.45, 2.75) is 125 Å². The Morgan fingerprint density at radius 2 is 1.41 bits per heavy atom. The molecule has 1 N–H and O–H groups in total. The van der Waals surface area contributed by atoms with Gasteiger partial charge in [-0.25, -0.2) is 4.79 Å². The van der Waals surface area contributed by atoms with Gasteiger partial charge < -0.3 is 18.9 Å². The maximum Gasteiger partial charge on any atom is 0.509 e. The molecule has 174 valence electrons. The highest BCUT2D eigenvalue weighted by molar-refractivity contribution is 5.60. The van der Waals surface area contributed by atoms with Gasteiger partial charge in [0.05, 0.1) is 18.3 Å². The average molecular weight is 418 g/mol. The Morgan fingerprint density at radius 1 is 0.862 bits per heavy atom. The third-order valence-corrected chi connectivity index (χ3v) is 4.63. The fourth-order valence-electron chi connectivity index (χ4n) is 3.32. The molecular formula is C23H47NO5. The number of nitrogens with one attached hydrogen (secondary N) is 1. The molecule has 0 aromatic heterocycles. The molecule has 0 fully saturated rings. The lowest BCUT2D eigenvalue weighted by Gasteiger charge is -2.34. The van der Waals surface area contributed by atoms with Crippen LogP contribution in [-0.4, -0.2) is 48.9 Å². The Hall–Kier alpha value is -0.850. The van der Waals surface area contributed by atoms with E-state index in [1.54, 1.807) is 0 Å². The van der Waals surface area contributed by atoms with Crippen molar-refractivity contribution in [3.05, 3.63) is 0 Å². The van der Waals surface area contributed by atoms with Crippen LogP contribution in [0.25, 0.3) is 0 Å². The number of hydrogen-bond donors (Lipinski definition) is 1. The van der Waals surface area contributed by atoms with Gasteiger partial charge in [-0.1, -0.05) is 20.8 Å². The predicted octanol–water partition coefficient (Wildman–Crippen LogP) is 5.68. The van der Waals surface area contributed by atoms with Gasteiger partial charge in [-0.05, 0) is 80.7 Å². The van der Waals surface area contributed by atoms with Crippen molar-refractivity contribution in [3.8, 4) is 0 Å². The molecule has 0 aromatic rings. The van der Waals surface area contributed by atoms with Crippen LogP contribution in [-0.2, 0) is 18.9 Å². The summed E-state index contributed by atoms with van der Waals surface area (Å²) >= 11 is 0. The molecule has 6 nitrogen and oxygen atoms in total. The van der Waals surface area contributed by atoms with Crippen molar-refractivity contribution in [2.24, 2.45) is 5.41 Å². The Kier molecular flexibility index (Phi) is 10.6. The van der Waals surface area contributed by atoms with E-state index in [9.17, 15) is 4.79 Å². The molecule has 0 aliphatic carbocycles. The molecule has 0 heterocycles. The Morgan fingerprint density at radius 3 is 1.90 bits per heavy atom. The molecular weight excluding hydrogens is 370 g/mol. The molecule has 0 spiro atoms. The second kappa shape index (κ2) is 11.0. The molecule has 0 rings (SSSR count). The van der Waals surface area contributed by atoms with E-state index in [2.05, 4.69) is 39.9 Å². The van der Waals surface area contributed by atoms with Gasteiger partial charge in [0.25, 0.3) is 0 Å². The lowest BCUT2D eigenvalue weighted by atomic mass is 9.90. The molecule has 0 aromatic carbocycles. The molecule has 6 heteroatoms. The Bertz CT molecular complexity index is 494. The van der Waals surface area contributed by atoms with E-state index in [4.69, 9.17) is 18.9 Å². The van der Waals surface area contributed by atoms with Gasteiger partial charge in [0.1, 0.15) is 17.4 Å². The first-order valence-corrected chi connectivity index (χ1v) is 10.8. The van der Waals surface area contributed by atoms with Gasteiger partial charge in [0, 0.05) is 6.42 Å². The minimum atomic E-state index is -0.682. The maximum absolute atomic E-state index is 12.2. The standard InChI is InChI=1S/C23H47NO5/c1-17(15-20(3,4)5)27-19(25)29-22(8,9)16-18(2)28-21(6,7)13-14-26-23(10,11)24-12/h17-18,24H,13-16H2,1-12H3. The van der Waals surface area contributed by atoms with Crippen molar-refractivity contribution < 1.29 is 23.7 Å². The Labute approximate surface area is 179 Å². The zero-order valence-electron chi connectivity index (χ0n) is 21.0. The molecule has 29 heavy (non-hydrogen) atoms. The van der Waals surface area contributed by atoms with E-state index >= 15 is 0 Å². The third-order valence-electron chi connectivity index (χ3n) is 4.63. The highest BCUT2D eigenvalue weighted by Gasteiger charge is 2.31. The van der Waals surface area contributed by atoms with Crippen molar-refractivity contribution in [1.82, 2.24) is 5.32 Å². The van der Waals surface area contributed by atoms with Crippen molar-refractivity contribution in [1.29, 1.82) is 0 Å². The van der Waals surface area contributed by atoms with Crippen molar-refractivity contribution >= 4 is 6.16 Å². The minimum Gasteiger partial charge on any atom is -0.431 e. The summed E-state index contributed by atoms with van der Waals surface area (Å²) in [7, 11) is 1.88. The highest BCUT2D eigenvalue weighted by Crippen LogP contribution is 2.26. The summed E-state index contributed by atoms with van der Waals surface area (Å²) in [5, 5.41) is 3.12. The van der Waals surface area contributed by atoms with Crippen LogP contribution in [0.4, 0.5) is 4.79 Å². The quantitative estimate of drug-likeness (QED) is 0.325. The van der Waals surface area contributed by atoms with Crippen LogP contribution in [0.1, 0.15) is 95.4 Å². The second-order valence-electron chi connectivity index (χ2n) is 11.1. The zero-order chi connectivity index (χ0) is 23.1. The number of ether oxygens (including phenoxy) is 4. The van der Waals surface area contributed by atoms with E-state index < -0.39 is 11.8 Å². The lowest BCUT2D eigenvalue weighted by molar-refractivity contribution is -0.121. The monoisotopic (exact) mass is 417 g/mol. The first-order valence-electron chi connectivity index (χ1n) is 10.8. The summed E-state index contributed by atoms with van der Waals surface area (Å²) < 4.78 is 23.1. The van der Waals surface area contributed by atoms with Crippen molar-refractivity contribution in [3.63, 3.8) is 0 Å². The Balaban J connectivity index is 4.50. The van der Waals surface area contributed by atoms with E-state index in [-0.39, 0.29) is 28.9 Å². The summed E-state index contributed by atoms with van der Waals surface area (Å²) in [6.07, 6.45) is 1.21. The minimum absolute atomic E-state index is 0.0860. The first kappa shape index (κ1) is 28.1. The van der Waals surface area contributed by atoms with Crippen LogP contribution in [0.3, 0.4) is 0 Å². The lowest BCUT2D eigenvalue weighted by Crippen LogP contribution is -2.41. The van der Waals surface area contributed by atoms with Gasteiger partial charge in [-0.3, -0.25) is 5.32 Å². The van der Waals surface area contributed by atoms with Gasteiger partial charge in [-0.15, -0.1) is 0 Å².